The fourth-order valence-electron chi connectivity index (χ4n) is 3.29. The van der Waals surface area contributed by atoms with Crippen molar-refractivity contribution < 1.29 is 27.2 Å². The Balaban J connectivity index is 1.73. The number of halogens is 1. The molecule has 1 aromatic heterocycles. The van der Waals surface area contributed by atoms with Gasteiger partial charge in [0.05, 0.1) is 24.9 Å². The van der Waals surface area contributed by atoms with Gasteiger partial charge in [-0.15, -0.1) is 0 Å². The molecule has 1 N–H and O–H groups in total. The molecule has 4 rings (SSSR count). The fourth-order valence-corrected chi connectivity index (χ4v) is 4.77. The topological polar surface area (TPSA) is 98.1 Å². The number of amides is 1. The van der Waals surface area contributed by atoms with Crippen LogP contribution in [0.15, 0.2) is 63.9 Å². The lowest BCUT2D eigenvalue weighted by Crippen LogP contribution is -2.26. The van der Waals surface area contributed by atoms with E-state index in [1.807, 2.05) is 24.3 Å². The highest BCUT2D eigenvalue weighted by atomic mass is 35.5. The Hall–Kier alpha value is -3.11. The van der Waals surface area contributed by atoms with Gasteiger partial charge in [0.2, 0.25) is 0 Å². The predicted octanol–water partition coefficient (Wildman–Crippen LogP) is 4.68. The van der Waals surface area contributed by atoms with Crippen LogP contribution in [0.25, 0.3) is 21.9 Å². The second-order valence-electron chi connectivity index (χ2n) is 6.84. The van der Waals surface area contributed by atoms with E-state index in [9.17, 15) is 13.2 Å². The van der Waals surface area contributed by atoms with E-state index in [1.165, 1.54) is 39.5 Å². The van der Waals surface area contributed by atoms with Crippen molar-refractivity contribution in [2.45, 2.75) is 4.90 Å². The Morgan fingerprint density at radius 2 is 1.78 bits per heavy atom. The number of hydroxylamine groups is 1. The third-order valence-electron chi connectivity index (χ3n) is 5.01. The van der Waals surface area contributed by atoms with Crippen LogP contribution in [0, 0.1) is 0 Å². The number of nitrogens with one attached hydrogen (secondary N) is 1. The third kappa shape index (κ3) is 3.80. The lowest BCUT2D eigenvalue weighted by molar-refractivity contribution is -0.0258. The third-order valence-corrected chi connectivity index (χ3v) is 7.18. The maximum atomic E-state index is 12.9. The van der Waals surface area contributed by atoms with E-state index in [4.69, 9.17) is 25.6 Å². The normalized spacial score (nSPS) is 11.9. The number of para-hydroxylation sites is 1. The minimum absolute atomic E-state index is 0.0354. The van der Waals surface area contributed by atoms with Crippen LogP contribution >= 0.6 is 11.6 Å². The van der Waals surface area contributed by atoms with Crippen molar-refractivity contribution in [2.75, 3.05) is 26.6 Å². The molecule has 10 heteroatoms. The van der Waals surface area contributed by atoms with Gasteiger partial charge in [0, 0.05) is 29.4 Å². The molecular formula is C22H19ClN2O6S. The monoisotopic (exact) mass is 474 g/mol. The zero-order valence-corrected chi connectivity index (χ0v) is 19.0. The van der Waals surface area contributed by atoms with Crippen molar-refractivity contribution in [3.8, 4) is 5.75 Å². The van der Waals surface area contributed by atoms with Crippen LogP contribution in [0.4, 0.5) is 5.69 Å². The molecule has 0 aliphatic carbocycles. The number of sulfonamides is 1. The molecule has 0 aliphatic heterocycles. The van der Waals surface area contributed by atoms with Crippen molar-refractivity contribution in [1.29, 1.82) is 0 Å². The summed E-state index contributed by atoms with van der Waals surface area (Å²) in [6.07, 6.45) is 0. The lowest BCUT2D eigenvalue weighted by Gasteiger charge is -2.16. The van der Waals surface area contributed by atoms with Gasteiger partial charge < -0.3 is 14.5 Å². The zero-order valence-electron chi connectivity index (χ0n) is 17.4. The number of methoxy groups -OCH3 is 1. The quantitative estimate of drug-likeness (QED) is 0.407. The van der Waals surface area contributed by atoms with Crippen LogP contribution < -0.4 is 10.1 Å². The summed E-state index contributed by atoms with van der Waals surface area (Å²) in [6.45, 7) is 0. The highest BCUT2D eigenvalue weighted by Gasteiger charge is 2.25. The number of hydrogen-bond acceptors (Lipinski definition) is 6. The molecule has 0 aliphatic rings. The Bertz CT molecular complexity index is 1450. The van der Waals surface area contributed by atoms with Crippen LogP contribution in [0.1, 0.15) is 10.4 Å². The van der Waals surface area contributed by atoms with Crippen molar-refractivity contribution in [3.05, 3.63) is 65.2 Å². The molecule has 8 nitrogen and oxygen atoms in total. The molecule has 32 heavy (non-hydrogen) atoms. The van der Waals surface area contributed by atoms with E-state index in [0.717, 1.165) is 10.8 Å². The summed E-state index contributed by atoms with van der Waals surface area (Å²) >= 11 is 6.07. The smallest absolute Gasteiger partial charge is 0.266 e. The molecule has 0 radical (unpaired) electrons. The molecule has 1 heterocycles. The van der Waals surface area contributed by atoms with Gasteiger partial charge in [0.25, 0.3) is 15.9 Å². The molecule has 0 saturated carbocycles. The summed E-state index contributed by atoms with van der Waals surface area (Å²) in [7, 11) is -0.114. The maximum absolute atomic E-state index is 12.9. The van der Waals surface area contributed by atoms with Crippen LogP contribution in [0.3, 0.4) is 0 Å². The lowest BCUT2D eigenvalue weighted by atomic mass is 10.1. The Morgan fingerprint density at radius 1 is 1.03 bits per heavy atom. The summed E-state index contributed by atoms with van der Waals surface area (Å²) in [5.41, 5.74) is 1.74. The summed E-state index contributed by atoms with van der Waals surface area (Å²) < 4.78 is 37.2. The maximum Gasteiger partial charge on any atom is 0.266 e. The average molecular weight is 475 g/mol. The molecule has 1 amide bonds. The Labute approximate surface area is 189 Å². The highest BCUT2D eigenvalue weighted by Crippen LogP contribution is 2.36. The first kappa shape index (κ1) is 22.1. The van der Waals surface area contributed by atoms with Crippen molar-refractivity contribution >= 4 is 55.2 Å². The van der Waals surface area contributed by atoms with Crippen molar-refractivity contribution in [1.82, 2.24) is 4.47 Å². The first-order chi connectivity index (χ1) is 15.3. The van der Waals surface area contributed by atoms with E-state index in [0.29, 0.717) is 27.1 Å². The van der Waals surface area contributed by atoms with Gasteiger partial charge in [0.1, 0.15) is 21.8 Å². The van der Waals surface area contributed by atoms with Gasteiger partial charge in [-0.2, -0.15) is 0 Å². The van der Waals surface area contributed by atoms with Crippen molar-refractivity contribution in [3.63, 3.8) is 0 Å². The van der Waals surface area contributed by atoms with Crippen LogP contribution in [-0.4, -0.2) is 40.1 Å². The number of ether oxygens (including phenoxy) is 1. The average Bonchev–Trinajstić information content (AvgIpc) is 3.15. The summed E-state index contributed by atoms with van der Waals surface area (Å²) in [6, 6.07) is 15.0. The standard InChI is InChI=1S/C22H19ClN2O6S/c1-25(30-3)32(27,28)21-10-13(8-9-16(21)23)22(26)24-17-12-19-15(11-20(17)29-2)14-6-4-5-7-18(14)31-19/h4-12H,1-3H3,(H,24,26). The van der Waals surface area contributed by atoms with Gasteiger partial charge in [-0.1, -0.05) is 34.3 Å². The van der Waals surface area contributed by atoms with Crippen LogP contribution in [-0.2, 0) is 14.9 Å². The van der Waals surface area contributed by atoms with Gasteiger partial charge >= 0.3 is 0 Å². The number of rotatable bonds is 6. The number of carbonyl (C=O) groups is 1. The summed E-state index contributed by atoms with van der Waals surface area (Å²) in [5.74, 6) is -0.120. The van der Waals surface area contributed by atoms with Crippen LogP contribution in [0.5, 0.6) is 5.75 Å². The largest absolute Gasteiger partial charge is 0.495 e. The molecule has 166 valence electrons. The molecule has 0 atom stereocenters. The van der Waals surface area contributed by atoms with Crippen LogP contribution in [0.2, 0.25) is 5.02 Å². The number of fused-ring (bicyclic) bond motifs is 3. The second kappa shape index (κ2) is 8.44. The highest BCUT2D eigenvalue weighted by molar-refractivity contribution is 7.89. The number of carbonyl (C=O) groups excluding carboxylic acids is 1. The summed E-state index contributed by atoms with van der Waals surface area (Å²) in [5, 5.41) is 4.48. The Kier molecular flexibility index (Phi) is 5.83. The molecule has 4 aromatic rings. The van der Waals surface area contributed by atoms with E-state index in [2.05, 4.69) is 5.32 Å². The molecule has 0 spiro atoms. The minimum Gasteiger partial charge on any atom is -0.495 e. The van der Waals surface area contributed by atoms with E-state index < -0.39 is 15.9 Å². The molecular weight excluding hydrogens is 456 g/mol. The SMILES string of the molecule is COc1cc2c(cc1NC(=O)c1ccc(Cl)c(S(=O)(=O)N(C)OC)c1)oc1ccccc12. The number of hydrogen-bond donors (Lipinski definition) is 1. The fraction of sp³-hybridized carbons (Fsp3) is 0.136. The van der Waals surface area contributed by atoms with E-state index >= 15 is 0 Å². The predicted molar refractivity (Wildman–Crippen MR) is 122 cm³/mol. The molecule has 0 unspecified atom stereocenters. The molecule has 3 aromatic carbocycles. The number of nitrogens with zero attached hydrogens (tertiary/aromatic N) is 1. The molecule has 0 saturated heterocycles. The van der Waals surface area contributed by atoms with Gasteiger partial charge in [0.15, 0.2) is 0 Å². The van der Waals surface area contributed by atoms with Crippen molar-refractivity contribution in [2.24, 2.45) is 0 Å². The van der Waals surface area contributed by atoms with E-state index in [-0.39, 0.29) is 15.5 Å². The number of anilines is 1. The molecule has 0 fully saturated rings. The minimum atomic E-state index is -4.05. The van der Waals surface area contributed by atoms with Gasteiger partial charge in [-0.05, 0) is 30.3 Å². The first-order valence-corrected chi connectivity index (χ1v) is 11.2. The Morgan fingerprint density at radius 3 is 2.50 bits per heavy atom. The number of benzene rings is 3. The second-order valence-corrected chi connectivity index (χ2v) is 9.15. The van der Waals surface area contributed by atoms with Gasteiger partial charge in [-0.25, -0.2) is 8.42 Å². The van der Waals surface area contributed by atoms with E-state index in [1.54, 1.807) is 12.1 Å². The summed E-state index contributed by atoms with van der Waals surface area (Å²) in [4.78, 5) is 17.5. The number of furan rings is 1. The molecule has 0 bridgehead atoms. The first-order valence-electron chi connectivity index (χ1n) is 9.39. The zero-order chi connectivity index (χ0) is 23.0. The van der Waals surface area contributed by atoms with Gasteiger partial charge in [-0.3, -0.25) is 9.63 Å².